The maximum absolute atomic E-state index is 12.7. The molecular formula is C14H19N5O. The van der Waals surface area contributed by atoms with E-state index in [1.807, 2.05) is 24.8 Å². The average Bonchev–Trinajstić information content (AvgIpc) is 3.07. The molecule has 0 aliphatic carbocycles. The number of H-pyrrole nitrogens is 2. The Balaban J connectivity index is 1.89. The zero-order valence-corrected chi connectivity index (χ0v) is 11.8. The van der Waals surface area contributed by atoms with E-state index in [1.165, 1.54) is 0 Å². The van der Waals surface area contributed by atoms with Crippen LogP contribution in [-0.2, 0) is 0 Å². The van der Waals surface area contributed by atoms with Crippen molar-refractivity contribution in [2.75, 3.05) is 6.54 Å². The number of carbonyl (C=O) groups excluding carboxylic acids is 1. The second-order valence-corrected chi connectivity index (χ2v) is 5.31. The number of aromatic nitrogens is 4. The molecule has 0 spiro atoms. The summed E-state index contributed by atoms with van der Waals surface area (Å²) in [6.45, 7) is 4.56. The molecule has 2 aromatic rings. The summed E-state index contributed by atoms with van der Waals surface area (Å²) in [6, 6.07) is 1.82. The van der Waals surface area contributed by atoms with Gasteiger partial charge in [0, 0.05) is 18.4 Å². The van der Waals surface area contributed by atoms with E-state index in [1.54, 1.807) is 6.20 Å². The molecule has 20 heavy (non-hydrogen) atoms. The van der Waals surface area contributed by atoms with Gasteiger partial charge in [0.05, 0.1) is 11.6 Å². The number of piperidine rings is 1. The summed E-state index contributed by atoms with van der Waals surface area (Å²) in [4.78, 5) is 22.1. The highest BCUT2D eigenvalue weighted by Gasteiger charge is 2.31. The summed E-state index contributed by atoms with van der Waals surface area (Å²) in [5.41, 5.74) is 1.65. The fraction of sp³-hybridized carbons (Fsp3) is 0.500. The molecule has 106 valence electrons. The lowest BCUT2D eigenvalue weighted by Crippen LogP contribution is -2.39. The summed E-state index contributed by atoms with van der Waals surface area (Å²) in [6.07, 6.45) is 4.87. The van der Waals surface area contributed by atoms with E-state index in [0.717, 1.165) is 48.7 Å². The fourth-order valence-electron chi connectivity index (χ4n) is 2.79. The molecule has 0 unspecified atom stereocenters. The van der Waals surface area contributed by atoms with Crippen molar-refractivity contribution in [2.24, 2.45) is 0 Å². The van der Waals surface area contributed by atoms with Gasteiger partial charge in [-0.3, -0.25) is 9.89 Å². The number of amides is 1. The molecule has 1 saturated heterocycles. The van der Waals surface area contributed by atoms with Gasteiger partial charge in [0.25, 0.3) is 5.91 Å². The highest BCUT2D eigenvalue weighted by molar-refractivity contribution is 5.95. The molecule has 0 radical (unpaired) electrons. The normalized spacial score (nSPS) is 19.3. The molecule has 1 fully saturated rings. The molecule has 3 rings (SSSR count). The van der Waals surface area contributed by atoms with Gasteiger partial charge in [-0.25, -0.2) is 4.98 Å². The molecule has 1 aliphatic heterocycles. The van der Waals surface area contributed by atoms with Crippen LogP contribution < -0.4 is 0 Å². The first-order valence-electron chi connectivity index (χ1n) is 7.00. The summed E-state index contributed by atoms with van der Waals surface area (Å²) < 4.78 is 0. The van der Waals surface area contributed by atoms with Crippen LogP contribution in [0, 0.1) is 13.8 Å². The number of rotatable bonds is 2. The van der Waals surface area contributed by atoms with Crippen LogP contribution in [0.2, 0.25) is 0 Å². The molecule has 1 atom stereocenters. The summed E-state index contributed by atoms with van der Waals surface area (Å²) >= 11 is 0. The smallest absolute Gasteiger partial charge is 0.256 e. The Kier molecular flexibility index (Phi) is 3.30. The molecule has 0 saturated carbocycles. The monoisotopic (exact) mass is 273 g/mol. The number of aryl methyl sites for hydroxylation is 2. The fourth-order valence-corrected chi connectivity index (χ4v) is 2.79. The van der Waals surface area contributed by atoms with Gasteiger partial charge in [-0.15, -0.1) is 0 Å². The Bertz CT molecular complexity index is 615. The van der Waals surface area contributed by atoms with E-state index >= 15 is 0 Å². The van der Waals surface area contributed by atoms with Crippen molar-refractivity contribution >= 4 is 5.91 Å². The van der Waals surface area contributed by atoms with Crippen molar-refractivity contribution in [2.45, 2.75) is 39.2 Å². The number of carbonyl (C=O) groups is 1. The van der Waals surface area contributed by atoms with Crippen LogP contribution in [0.25, 0.3) is 0 Å². The van der Waals surface area contributed by atoms with Gasteiger partial charge in [0.1, 0.15) is 5.82 Å². The van der Waals surface area contributed by atoms with Crippen LogP contribution in [0.4, 0.5) is 0 Å². The van der Waals surface area contributed by atoms with Crippen LogP contribution in [0.1, 0.15) is 53.0 Å². The van der Waals surface area contributed by atoms with E-state index in [0.29, 0.717) is 0 Å². The second kappa shape index (κ2) is 5.11. The lowest BCUT2D eigenvalue weighted by Gasteiger charge is -2.34. The summed E-state index contributed by atoms with van der Waals surface area (Å²) in [5, 5.41) is 7.10. The SMILES string of the molecule is Cc1nc([C@@H]2CCCCN2C(=O)c2cc[nH]c2C)n[nH]1. The van der Waals surface area contributed by atoms with E-state index in [-0.39, 0.29) is 11.9 Å². The number of hydrogen-bond donors (Lipinski definition) is 2. The predicted octanol–water partition coefficient (Wildman–Crippen LogP) is 2.12. The largest absolute Gasteiger partial charge is 0.365 e. The summed E-state index contributed by atoms with van der Waals surface area (Å²) in [5.74, 6) is 1.58. The molecule has 2 aromatic heterocycles. The predicted molar refractivity (Wildman–Crippen MR) is 74.3 cm³/mol. The van der Waals surface area contributed by atoms with Gasteiger partial charge >= 0.3 is 0 Å². The van der Waals surface area contributed by atoms with Crippen LogP contribution in [0.5, 0.6) is 0 Å². The van der Waals surface area contributed by atoms with E-state index in [4.69, 9.17) is 0 Å². The third-order valence-electron chi connectivity index (χ3n) is 3.86. The third kappa shape index (κ3) is 2.21. The number of aromatic amines is 2. The minimum atomic E-state index is -0.0181. The second-order valence-electron chi connectivity index (χ2n) is 5.31. The lowest BCUT2D eigenvalue weighted by atomic mass is 10.0. The van der Waals surface area contributed by atoms with Gasteiger partial charge in [-0.05, 0) is 39.2 Å². The topological polar surface area (TPSA) is 77.7 Å². The van der Waals surface area contributed by atoms with Gasteiger partial charge < -0.3 is 9.88 Å². The minimum Gasteiger partial charge on any atom is -0.365 e. The molecule has 0 bridgehead atoms. The molecule has 6 nitrogen and oxygen atoms in total. The van der Waals surface area contributed by atoms with Crippen molar-refractivity contribution in [1.82, 2.24) is 25.1 Å². The van der Waals surface area contributed by atoms with Gasteiger partial charge in [0.2, 0.25) is 0 Å². The minimum absolute atomic E-state index is 0.0181. The molecule has 1 amide bonds. The first-order valence-corrected chi connectivity index (χ1v) is 7.00. The average molecular weight is 273 g/mol. The molecule has 1 aliphatic rings. The highest BCUT2D eigenvalue weighted by Crippen LogP contribution is 2.30. The van der Waals surface area contributed by atoms with Crippen LogP contribution >= 0.6 is 0 Å². The molecule has 2 N–H and O–H groups in total. The zero-order valence-electron chi connectivity index (χ0n) is 11.8. The maximum atomic E-state index is 12.7. The quantitative estimate of drug-likeness (QED) is 0.879. The molecule has 0 aromatic carbocycles. The van der Waals surface area contributed by atoms with Gasteiger partial charge in [-0.2, -0.15) is 5.10 Å². The van der Waals surface area contributed by atoms with Crippen molar-refractivity contribution < 1.29 is 4.79 Å². The molecular weight excluding hydrogens is 254 g/mol. The summed E-state index contributed by atoms with van der Waals surface area (Å²) in [7, 11) is 0. The number of likely N-dealkylation sites (tertiary alicyclic amines) is 1. The van der Waals surface area contributed by atoms with Crippen molar-refractivity contribution in [3.8, 4) is 0 Å². The Morgan fingerprint density at radius 3 is 2.90 bits per heavy atom. The van der Waals surface area contributed by atoms with Crippen LogP contribution in [0.15, 0.2) is 12.3 Å². The van der Waals surface area contributed by atoms with Crippen molar-refractivity contribution in [1.29, 1.82) is 0 Å². The van der Waals surface area contributed by atoms with E-state index in [9.17, 15) is 4.79 Å². The standard InChI is InChI=1S/C14H19N5O/c1-9-11(6-7-15-9)14(20)19-8-4-3-5-12(19)13-16-10(2)17-18-13/h6-7,12,15H,3-5,8H2,1-2H3,(H,16,17,18)/t12-/m0/s1. The Morgan fingerprint density at radius 2 is 2.25 bits per heavy atom. The van der Waals surface area contributed by atoms with Gasteiger partial charge in [0.15, 0.2) is 5.82 Å². The molecule has 3 heterocycles. The third-order valence-corrected chi connectivity index (χ3v) is 3.86. The first-order chi connectivity index (χ1) is 9.66. The van der Waals surface area contributed by atoms with Crippen LogP contribution in [-0.4, -0.2) is 37.5 Å². The maximum Gasteiger partial charge on any atom is 0.256 e. The Labute approximate surface area is 117 Å². The zero-order chi connectivity index (χ0) is 14.1. The first kappa shape index (κ1) is 12.9. The lowest BCUT2D eigenvalue weighted by molar-refractivity contribution is 0.0600. The van der Waals surface area contributed by atoms with Crippen molar-refractivity contribution in [3.63, 3.8) is 0 Å². The van der Waals surface area contributed by atoms with Crippen molar-refractivity contribution in [3.05, 3.63) is 35.2 Å². The van der Waals surface area contributed by atoms with Gasteiger partial charge in [-0.1, -0.05) is 0 Å². The molecule has 6 heteroatoms. The Hall–Kier alpha value is -2.11. The number of nitrogens with one attached hydrogen (secondary N) is 2. The Morgan fingerprint density at radius 1 is 1.40 bits per heavy atom. The number of hydrogen-bond acceptors (Lipinski definition) is 3. The van der Waals surface area contributed by atoms with E-state index < -0.39 is 0 Å². The van der Waals surface area contributed by atoms with E-state index in [2.05, 4.69) is 20.2 Å². The highest BCUT2D eigenvalue weighted by atomic mass is 16.2. The van der Waals surface area contributed by atoms with Crippen LogP contribution in [0.3, 0.4) is 0 Å². The number of nitrogens with zero attached hydrogens (tertiary/aromatic N) is 3.